The molecule has 1 N–H and O–H groups in total. The second kappa shape index (κ2) is 7.32. The number of aliphatic hydroxyl groups excluding tert-OH is 1. The first kappa shape index (κ1) is 17.1. The van der Waals surface area contributed by atoms with Gasteiger partial charge in [-0.05, 0) is 11.6 Å². The Morgan fingerprint density at radius 3 is 2.26 bits per heavy atom. The van der Waals surface area contributed by atoms with Crippen LogP contribution < -0.4 is 0 Å². The molecule has 0 saturated heterocycles. The number of nitro benzene ring substituents is 1. The van der Waals surface area contributed by atoms with Gasteiger partial charge in [0.15, 0.2) is 4.90 Å². The summed E-state index contributed by atoms with van der Waals surface area (Å²) in [4.78, 5) is 9.97. The number of sulfonamides is 1. The second-order valence-electron chi connectivity index (χ2n) is 4.77. The molecule has 0 fully saturated rings. The van der Waals surface area contributed by atoms with E-state index in [1.807, 2.05) is 0 Å². The summed E-state index contributed by atoms with van der Waals surface area (Å²) < 4.78 is 26.6. The lowest BCUT2D eigenvalue weighted by atomic mass is 10.2. The van der Waals surface area contributed by atoms with Gasteiger partial charge >= 0.3 is 0 Å². The van der Waals surface area contributed by atoms with Crippen LogP contribution in [0.5, 0.6) is 0 Å². The van der Waals surface area contributed by atoms with Crippen molar-refractivity contribution in [1.82, 2.24) is 4.31 Å². The van der Waals surface area contributed by atoms with E-state index in [1.54, 1.807) is 30.3 Å². The molecule has 0 heterocycles. The molecule has 0 aliphatic carbocycles. The standard InChI is InChI=1S/C15H16N2O5S/c18-11-10-16(12-13-6-2-1-3-7-13)23(21,22)15-9-5-4-8-14(15)17(19)20/h1-9,18H,10-12H2. The normalized spacial score (nSPS) is 11.6. The Bertz CT molecular complexity index is 777. The summed E-state index contributed by atoms with van der Waals surface area (Å²) in [7, 11) is -4.11. The first-order valence-electron chi connectivity index (χ1n) is 6.85. The maximum atomic E-state index is 12.8. The third kappa shape index (κ3) is 3.92. The van der Waals surface area contributed by atoms with Gasteiger partial charge < -0.3 is 5.11 Å². The number of rotatable bonds is 7. The van der Waals surface area contributed by atoms with Crippen LogP contribution in [-0.2, 0) is 16.6 Å². The Morgan fingerprint density at radius 1 is 1.04 bits per heavy atom. The van der Waals surface area contributed by atoms with E-state index in [0.29, 0.717) is 0 Å². The molecule has 0 aliphatic rings. The van der Waals surface area contributed by atoms with Crippen molar-refractivity contribution in [2.45, 2.75) is 11.4 Å². The number of nitro groups is 1. The van der Waals surface area contributed by atoms with E-state index in [4.69, 9.17) is 5.11 Å². The Labute approximate surface area is 134 Å². The summed E-state index contributed by atoms with van der Waals surface area (Å²) in [5, 5.41) is 20.2. The Hall–Kier alpha value is -2.29. The predicted molar refractivity (Wildman–Crippen MR) is 84.2 cm³/mol. The molecule has 122 valence electrons. The number of hydrogen-bond acceptors (Lipinski definition) is 5. The van der Waals surface area contributed by atoms with E-state index < -0.39 is 20.6 Å². The highest BCUT2D eigenvalue weighted by atomic mass is 32.2. The molecule has 23 heavy (non-hydrogen) atoms. The van der Waals surface area contributed by atoms with Gasteiger partial charge in [-0.3, -0.25) is 10.1 Å². The molecule has 2 aromatic rings. The third-order valence-corrected chi connectivity index (χ3v) is 5.12. The fraction of sp³-hybridized carbons (Fsp3) is 0.200. The number of hydrogen-bond donors (Lipinski definition) is 1. The molecule has 2 rings (SSSR count). The minimum absolute atomic E-state index is 0.0236. The molecule has 0 amide bonds. The lowest BCUT2D eigenvalue weighted by molar-refractivity contribution is -0.387. The maximum absolute atomic E-state index is 12.8. The molecule has 0 spiro atoms. The average Bonchev–Trinajstić information content (AvgIpc) is 2.55. The first-order chi connectivity index (χ1) is 11.0. The molecule has 0 saturated carbocycles. The number of benzene rings is 2. The average molecular weight is 336 g/mol. The molecular weight excluding hydrogens is 320 g/mol. The molecule has 0 aliphatic heterocycles. The molecule has 0 bridgehead atoms. The zero-order valence-corrected chi connectivity index (χ0v) is 13.0. The van der Waals surface area contributed by atoms with Crippen molar-refractivity contribution < 1.29 is 18.4 Å². The molecule has 0 radical (unpaired) electrons. The number of nitrogens with zero attached hydrogens (tertiary/aromatic N) is 2. The third-order valence-electron chi connectivity index (χ3n) is 3.23. The summed E-state index contributed by atoms with van der Waals surface area (Å²) in [5.41, 5.74) is 0.242. The summed E-state index contributed by atoms with van der Waals surface area (Å²) in [5.74, 6) is 0. The summed E-state index contributed by atoms with van der Waals surface area (Å²) in [6, 6.07) is 14.0. The lowest BCUT2D eigenvalue weighted by Gasteiger charge is -2.21. The fourth-order valence-electron chi connectivity index (χ4n) is 2.15. The molecule has 0 unspecified atom stereocenters. The molecular formula is C15H16N2O5S. The largest absolute Gasteiger partial charge is 0.395 e. The van der Waals surface area contributed by atoms with Gasteiger partial charge in [0, 0.05) is 19.2 Å². The van der Waals surface area contributed by atoms with Crippen molar-refractivity contribution in [3.8, 4) is 0 Å². The van der Waals surface area contributed by atoms with Crippen molar-refractivity contribution in [3.63, 3.8) is 0 Å². The molecule has 0 aromatic heterocycles. The Morgan fingerprint density at radius 2 is 1.65 bits per heavy atom. The highest BCUT2D eigenvalue weighted by Gasteiger charge is 2.31. The second-order valence-corrected chi connectivity index (χ2v) is 6.68. The van der Waals surface area contributed by atoms with Crippen molar-refractivity contribution in [3.05, 3.63) is 70.3 Å². The number of para-hydroxylation sites is 1. The molecule has 8 heteroatoms. The smallest absolute Gasteiger partial charge is 0.289 e. The molecule has 7 nitrogen and oxygen atoms in total. The maximum Gasteiger partial charge on any atom is 0.289 e. The highest BCUT2D eigenvalue weighted by molar-refractivity contribution is 7.89. The SMILES string of the molecule is O=[N+]([O-])c1ccccc1S(=O)(=O)N(CCO)Cc1ccccc1. The van der Waals surface area contributed by atoms with Gasteiger partial charge in [-0.15, -0.1) is 0 Å². The van der Waals surface area contributed by atoms with E-state index in [0.717, 1.165) is 15.9 Å². The van der Waals surface area contributed by atoms with E-state index >= 15 is 0 Å². The highest BCUT2D eigenvalue weighted by Crippen LogP contribution is 2.27. The van der Waals surface area contributed by atoms with Gasteiger partial charge in [0.2, 0.25) is 10.0 Å². The van der Waals surface area contributed by atoms with Gasteiger partial charge in [0.05, 0.1) is 11.5 Å². The first-order valence-corrected chi connectivity index (χ1v) is 8.29. The Kier molecular flexibility index (Phi) is 5.43. The van der Waals surface area contributed by atoms with Crippen LogP contribution in [0.15, 0.2) is 59.5 Å². The van der Waals surface area contributed by atoms with Crippen molar-refractivity contribution in [1.29, 1.82) is 0 Å². The van der Waals surface area contributed by atoms with Crippen LogP contribution in [0.2, 0.25) is 0 Å². The zero-order chi connectivity index (χ0) is 16.9. The van der Waals surface area contributed by atoms with Crippen LogP contribution >= 0.6 is 0 Å². The van der Waals surface area contributed by atoms with E-state index in [-0.39, 0.29) is 24.6 Å². The topological polar surface area (TPSA) is 101 Å². The molecule has 0 atom stereocenters. The number of aliphatic hydroxyl groups is 1. The van der Waals surface area contributed by atoms with E-state index in [2.05, 4.69) is 0 Å². The van der Waals surface area contributed by atoms with E-state index in [9.17, 15) is 18.5 Å². The minimum Gasteiger partial charge on any atom is -0.395 e. The van der Waals surface area contributed by atoms with Crippen LogP contribution in [0.25, 0.3) is 0 Å². The lowest BCUT2D eigenvalue weighted by Crippen LogP contribution is -2.33. The van der Waals surface area contributed by atoms with Crippen LogP contribution in [0.4, 0.5) is 5.69 Å². The van der Waals surface area contributed by atoms with Crippen LogP contribution in [0, 0.1) is 10.1 Å². The zero-order valence-electron chi connectivity index (χ0n) is 12.2. The van der Waals surface area contributed by atoms with Crippen molar-refractivity contribution in [2.24, 2.45) is 0 Å². The van der Waals surface area contributed by atoms with Crippen LogP contribution in [0.1, 0.15) is 5.56 Å². The van der Waals surface area contributed by atoms with Crippen LogP contribution in [-0.4, -0.2) is 35.9 Å². The van der Waals surface area contributed by atoms with Gasteiger partial charge in [-0.25, -0.2) is 8.42 Å². The predicted octanol–water partition coefficient (Wildman–Crippen LogP) is 1.78. The fourth-order valence-corrected chi connectivity index (χ4v) is 3.72. The van der Waals surface area contributed by atoms with E-state index in [1.165, 1.54) is 18.2 Å². The monoisotopic (exact) mass is 336 g/mol. The minimum atomic E-state index is -4.11. The van der Waals surface area contributed by atoms with Crippen LogP contribution in [0.3, 0.4) is 0 Å². The van der Waals surface area contributed by atoms with Crippen molar-refractivity contribution >= 4 is 15.7 Å². The quantitative estimate of drug-likeness (QED) is 0.613. The Balaban J connectivity index is 2.43. The van der Waals surface area contributed by atoms with Gasteiger partial charge in [-0.1, -0.05) is 42.5 Å². The summed E-state index contributed by atoms with van der Waals surface area (Å²) in [6.45, 7) is -0.508. The van der Waals surface area contributed by atoms with Gasteiger partial charge in [0.1, 0.15) is 0 Å². The molecule has 2 aromatic carbocycles. The van der Waals surface area contributed by atoms with Gasteiger partial charge in [-0.2, -0.15) is 4.31 Å². The summed E-state index contributed by atoms with van der Waals surface area (Å²) in [6.07, 6.45) is 0. The van der Waals surface area contributed by atoms with Gasteiger partial charge in [0.25, 0.3) is 5.69 Å². The summed E-state index contributed by atoms with van der Waals surface area (Å²) >= 11 is 0. The van der Waals surface area contributed by atoms with Crippen molar-refractivity contribution in [2.75, 3.05) is 13.2 Å².